The molecule has 28 heavy (non-hydrogen) atoms. The normalized spacial score (nSPS) is 25.4. The van der Waals surface area contributed by atoms with Crippen molar-refractivity contribution in [2.75, 3.05) is 19.6 Å². The predicted octanol–water partition coefficient (Wildman–Crippen LogP) is 1.60. The summed E-state index contributed by atoms with van der Waals surface area (Å²) in [6, 6.07) is 5.73. The smallest absolute Gasteiger partial charge is 0.243 e. The summed E-state index contributed by atoms with van der Waals surface area (Å²) in [5.74, 6) is -1.68. The zero-order valence-electron chi connectivity index (χ0n) is 15.4. The van der Waals surface area contributed by atoms with E-state index in [9.17, 15) is 22.8 Å². The largest absolute Gasteiger partial charge is 0.292 e. The Hall–Kier alpha value is -2.32. The van der Waals surface area contributed by atoms with Crippen molar-refractivity contribution in [1.29, 1.82) is 0 Å². The van der Waals surface area contributed by atoms with Gasteiger partial charge in [0.1, 0.15) is 0 Å². The van der Waals surface area contributed by atoms with Crippen molar-refractivity contribution < 1.29 is 22.8 Å². The van der Waals surface area contributed by atoms with E-state index in [-0.39, 0.29) is 46.4 Å². The molecule has 7 nitrogen and oxygen atoms in total. The number of allylic oxidation sites excluding steroid dienone is 2. The Morgan fingerprint density at radius 1 is 0.929 bits per heavy atom. The van der Waals surface area contributed by atoms with Gasteiger partial charge in [-0.1, -0.05) is 12.2 Å². The highest BCUT2D eigenvalue weighted by Gasteiger charge is 2.47. The molecule has 0 unspecified atom stereocenters. The Balaban J connectivity index is 1.47. The first-order valence-electron chi connectivity index (χ1n) is 9.53. The fraction of sp³-hybridized carbons (Fsp3) is 0.450. The van der Waals surface area contributed by atoms with Crippen LogP contribution in [0.4, 0.5) is 0 Å². The Labute approximate surface area is 164 Å². The number of hydrogen-bond donors (Lipinski definition) is 0. The Morgan fingerprint density at radius 3 is 2.00 bits per heavy atom. The maximum Gasteiger partial charge on any atom is 0.243 e. The molecule has 2 amide bonds. The number of fused-ring (bicyclic) bond motifs is 1. The molecule has 0 spiro atoms. The van der Waals surface area contributed by atoms with Gasteiger partial charge in [-0.25, -0.2) is 8.42 Å². The summed E-state index contributed by atoms with van der Waals surface area (Å²) in [5.41, 5.74) is 0.286. The molecule has 2 atom stereocenters. The molecule has 1 aromatic rings. The van der Waals surface area contributed by atoms with Crippen LogP contribution < -0.4 is 0 Å². The molecule has 0 radical (unpaired) electrons. The minimum absolute atomic E-state index is 0.149. The summed E-state index contributed by atoms with van der Waals surface area (Å²) in [6.45, 7) is 0.724. The Bertz CT molecular complexity index is 919. The summed E-state index contributed by atoms with van der Waals surface area (Å²) in [5, 5.41) is 0. The van der Waals surface area contributed by atoms with Gasteiger partial charge in [0.25, 0.3) is 0 Å². The van der Waals surface area contributed by atoms with Gasteiger partial charge in [0.2, 0.25) is 21.8 Å². The molecule has 1 aliphatic carbocycles. The number of nitrogens with zero attached hydrogens (tertiary/aromatic N) is 2. The number of ketones is 1. The number of imide groups is 1. The van der Waals surface area contributed by atoms with Gasteiger partial charge in [-0.3, -0.25) is 19.3 Å². The van der Waals surface area contributed by atoms with E-state index >= 15 is 0 Å². The van der Waals surface area contributed by atoms with E-state index in [4.69, 9.17) is 0 Å². The van der Waals surface area contributed by atoms with E-state index in [1.54, 1.807) is 0 Å². The highest BCUT2D eigenvalue weighted by atomic mass is 32.2. The van der Waals surface area contributed by atoms with Crippen molar-refractivity contribution >= 4 is 27.6 Å². The lowest BCUT2D eigenvalue weighted by atomic mass is 9.85. The zero-order valence-corrected chi connectivity index (χ0v) is 16.2. The number of likely N-dealkylation sites (tertiary alicyclic amines) is 1. The van der Waals surface area contributed by atoms with Crippen molar-refractivity contribution in [1.82, 2.24) is 9.21 Å². The molecule has 1 aromatic carbocycles. The number of rotatable bonds is 5. The average Bonchev–Trinajstić information content (AvgIpc) is 3.33. The molecule has 148 valence electrons. The monoisotopic (exact) mass is 402 g/mol. The number of benzene rings is 1. The van der Waals surface area contributed by atoms with Crippen LogP contribution in [0.2, 0.25) is 0 Å². The molecule has 8 heteroatoms. The molecule has 2 fully saturated rings. The van der Waals surface area contributed by atoms with Gasteiger partial charge in [0, 0.05) is 18.7 Å². The van der Waals surface area contributed by atoms with Crippen LogP contribution in [0, 0.1) is 11.8 Å². The third-order valence-corrected chi connectivity index (χ3v) is 7.69. The molecule has 0 saturated carbocycles. The van der Waals surface area contributed by atoms with Gasteiger partial charge in [0.05, 0.1) is 23.3 Å². The van der Waals surface area contributed by atoms with E-state index in [0.29, 0.717) is 25.9 Å². The first-order valence-corrected chi connectivity index (χ1v) is 11.0. The minimum Gasteiger partial charge on any atom is -0.292 e. The maximum absolute atomic E-state index is 12.6. The molecular weight excluding hydrogens is 380 g/mol. The Morgan fingerprint density at radius 2 is 1.46 bits per heavy atom. The van der Waals surface area contributed by atoms with E-state index in [1.165, 1.54) is 28.6 Å². The molecular formula is C20H22N2O5S. The predicted molar refractivity (Wildman–Crippen MR) is 101 cm³/mol. The molecule has 0 bridgehead atoms. The number of Topliss-reactive ketones (excluding diaryl/α,β-unsaturated/α-hetero) is 1. The van der Waals surface area contributed by atoms with E-state index < -0.39 is 10.0 Å². The van der Waals surface area contributed by atoms with Crippen LogP contribution in [-0.4, -0.2) is 54.9 Å². The number of carbonyl (C=O) groups is 3. The zero-order chi connectivity index (χ0) is 19.9. The quantitative estimate of drug-likeness (QED) is 0.424. The van der Waals surface area contributed by atoms with Crippen molar-refractivity contribution in [2.24, 2.45) is 11.8 Å². The van der Waals surface area contributed by atoms with Crippen LogP contribution in [0.25, 0.3) is 0 Å². The second-order valence-electron chi connectivity index (χ2n) is 7.48. The van der Waals surface area contributed by atoms with Gasteiger partial charge in [-0.2, -0.15) is 4.31 Å². The van der Waals surface area contributed by atoms with Gasteiger partial charge in [-0.05, 0) is 49.9 Å². The van der Waals surface area contributed by atoms with Gasteiger partial charge >= 0.3 is 0 Å². The third kappa shape index (κ3) is 3.20. The third-order valence-electron chi connectivity index (χ3n) is 5.78. The number of carbonyl (C=O) groups excluding carboxylic acids is 3. The van der Waals surface area contributed by atoms with Crippen molar-refractivity contribution in [2.45, 2.75) is 30.6 Å². The molecule has 0 N–H and O–H groups in total. The number of sulfonamides is 1. The second-order valence-corrected chi connectivity index (χ2v) is 9.42. The lowest BCUT2D eigenvalue weighted by Gasteiger charge is -2.16. The topological polar surface area (TPSA) is 91.8 Å². The molecule has 2 aliphatic heterocycles. The highest BCUT2D eigenvalue weighted by Crippen LogP contribution is 2.35. The first-order chi connectivity index (χ1) is 13.4. The highest BCUT2D eigenvalue weighted by molar-refractivity contribution is 7.89. The molecule has 2 heterocycles. The van der Waals surface area contributed by atoms with E-state index in [0.717, 1.165) is 17.7 Å². The second kappa shape index (κ2) is 7.25. The van der Waals surface area contributed by atoms with E-state index in [2.05, 4.69) is 0 Å². The summed E-state index contributed by atoms with van der Waals surface area (Å²) in [6.07, 6.45) is 6.57. The minimum atomic E-state index is -3.54. The van der Waals surface area contributed by atoms with Crippen LogP contribution in [-0.2, 0) is 19.6 Å². The molecule has 3 aliphatic rings. The Kier molecular flexibility index (Phi) is 4.93. The van der Waals surface area contributed by atoms with Gasteiger partial charge in [-0.15, -0.1) is 0 Å². The summed E-state index contributed by atoms with van der Waals surface area (Å²) < 4.78 is 26.6. The maximum atomic E-state index is 12.6. The van der Waals surface area contributed by atoms with Gasteiger partial charge in [0.15, 0.2) is 5.78 Å². The fourth-order valence-corrected chi connectivity index (χ4v) is 5.67. The van der Waals surface area contributed by atoms with Crippen molar-refractivity contribution in [3.8, 4) is 0 Å². The van der Waals surface area contributed by atoms with Crippen LogP contribution in [0.5, 0.6) is 0 Å². The van der Waals surface area contributed by atoms with Crippen LogP contribution >= 0.6 is 0 Å². The SMILES string of the molecule is O=C(CN1C(=O)[C@H]2CC=CC[C@H]2C1=O)c1ccc(S(=O)(=O)N2CCCC2)cc1. The summed E-state index contributed by atoms with van der Waals surface area (Å²) in [7, 11) is -3.54. The first kappa shape index (κ1) is 19.0. The van der Waals surface area contributed by atoms with Gasteiger partial charge < -0.3 is 0 Å². The number of hydrogen-bond acceptors (Lipinski definition) is 5. The van der Waals surface area contributed by atoms with Crippen LogP contribution in [0.3, 0.4) is 0 Å². The van der Waals surface area contributed by atoms with Crippen LogP contribution in [0.15, 0.2) is 41.3 Å². The molecule has 4 rings (SSSR count). The lowest BCUT2D eigenvalue weighted by Crippen LogP contribution is -2.36. The fourth-order valence-electron chi connectivity index (χ4n) is 4.15. The summed E-state index contributed by atoms with van der Waals surface area (Å²) >= 11 is 0. The summed E-state index contributed by atoms with van der Waals surface area (Å²) in [4.78, 5) is 38.8. The molecule has 2 saturated heterocycles. The molecule has 0 aromatic heterocycles. The average molecular weight is 402 g/mol. The van der Waals surface area contributed by atoms with Crippen molar-refractivity contribution in [3.63, 3.8) is 0 Å². The van der Waals surface area contributed by atoms with Crippen molar-refractivity contribution in [3.05, 3.63) is 42.0 Å². The lowest BCUT2D eigenvalue weighted by molar-refractivity contribution is -0.139. The van der Waals surface area contributed by atoms with E-state index in [1.807, 2.05) is 12.2 Å². The standard InChI is InChI=1S/C20H22N2O5S/c23-18(13-22-19(24)16-5-1-2-6-17(16)20(22)25)14-7-9-15(10-8-14)28(26,27)21-11-3-4-12-21/h1-2,7-10,16-17H,3-6,11-13H2/t16-,17+. The van der Waals surface area contributed by atoms with Crippen LogP contribution in [0.1, 0.15) is 36.0 Å². The number of amides is 2.